The minimum Gasteiger partial charge on any atom is -0.370 e. The molecule has 0 aliphatic carbocycles. The van der Waals surface area contributed by atoms with Gasteiger partial charge in [0.05, 0.1) is 0 Å². The fraction of sp³-hybridized carbons (Fsp3) is 0.300. The third-order valence-corrected chi connectivity index (χ3v) is 4.79. The molecule has 8 nitrogen and oxygen atoms in total. The average Bonchev–Trinajstić information content (AvgIpc) is 3.04. The molecule has 0 aliphatic rings. The van der Waals surface area contributed by atoms with E-state index in [0.717, 1.165) is 11.3 Å². The summed E-state index contributed by atoms with van der Waals surface area (Å²) in [5, 5.41) is 16.8. The molecular weight excluding hydrogens is 445 g/mol. The highest BCUT2D eigenvalue weighted by atomic mass is 32.1. The Hall–Kier alpha value is -3.77. The number of hydrogen-bond donors (Lipinski definition) is 3. The number of halogens is 3. The van der Waals surface area contributed by atoms with E-state index in [-0.39, 0.29) is 15.7 Å². The molecule has 0 radical (unpaired) electrons. The lowest BCUT2D eigenvalue weighted by atomic mass is 10.3. The summed E-state index contributed by atoms with van der Waals surface area (Å²) in [5.41, 5.74) is 4.84. The number of anilines is 2. The number of nitrogens with one attached hydrogen (secondary N) is 3. The largest absolute Gasteiger partial charge is 0.405 e. The summed E-state index contributed by atoms with van der Waals surface area (Å²) in [6.07, 6.45) is -1.59. The van der Waals surface area contributed by atoms with E-state index >= 15 is 0 Å². The predicted octanol–water partition coefficient (Wildman–Crippen LogP) is 1.27. The van der Waals surface area contributed by atoms with Crippen LogP contribution in [0.2, 0.25) is 0 Å². The fourth-order valence-electron chi connectivity index (χ4n) is 2.38. The first-order chi connectivity index (χ1) is 15.2. The van der Waals surface area contributed by atoms with Crippen molar-refractivity contribution in [3.05, 3.63) is 49.7 Å². The van der Waals surface area contributed by atoms with Gasteiger partial charge in [0, 0.05) is 37.2 Å². The summed E-state index contributed by atoms with van der Waals surface area (Å²) in [6, 6.07) is 5.00. The van der Waals surface area contributed by atoms with Gasteiger partial charge in [-0.15, -0.1) is 0 Å². The van der Waals surface area contributed by atoms with Gasteiger partial charge in [-0.25, -0.2) is 4.98 Å². The monoisotopic (exact) mass is 464 g/mol. The third kappa shape index (κ3) is 6.89. The number of nitriles is 1. The standard InChI is InChI=1S/C20H19F3N6O2S/c1-3-25-16-10-14(5-7-27-16)26-8-6-15-19(31)29(4-2)17(32-15)9-13(11-24)18(30)28-12-20(21,22)23/h5,7-8,10H,3-4,12H2,1-2H3,(H,28,30)(H2,25,26,27). The van der Waals surface area contributed by atoms with E-state index in [1.807, 2.05) is 6.92 Å². The zero-order valence-electron chi connectivity index (χ0n) is 17.1. The first-order valence-electron chi connectivity index (χ1n) is 9.35. The van der Waals surface area contributed by atoms with Crippen molar-refractivity contribution in [1.82, 2.24) is 14.9 Å². The lowest BCUT2D eigenvalue weighted by molar-refractivity contribution is -0.136. The molecule has 0 bridgehead atoms. The van der Waals surface area contributed by atoms with Gasteiger partial charge in [-0.3, -0.25) is 14.2 Å². The first-order valence-corrected chi connectivity index (χ1v) is 10.2. The van der Waals surface area contributed by atoms with Gasteiger partial charge in [-0.05, 0) is 19.9 Å². The molecule has 0 aromatic carbocycles. The van der Waals surface area contributed by atoms with Gasteiger partial charge in [0.25, 0.3) is 11.5 Å². The Morgan fingerprint density at radius 2 is 2.12 bits per heavy atom. The highest BCUT2D eigenvalue weighted by Crippen LogP contribution is 2.12. The zero-order chi connectivity index (χ0) is 23.7. The second kappa shape index (κ2) is 11.0. The SMILES string of the molecule is CCNc1cc(NC=C=c2sc(=C=C(C#N)C(=O)NCC(F)(F)F)n(CC)c2=O)ccn1. The van der Waals surface area contributed by atoms with Crippen LogP contribution in [0.5, 0.6) is 0 Å². The Balaban J connectivity index is 2.46. The highest BCUT2D eigenvalue weighted by Gasteiger charge is 2.28. The lowest BCUT2D eigenvalue weighted by Crippen LogP contribution is -2.34. The quantitative estimate of drug-likeness (QED) is 0.420. The zero-order valence-corrected chi connectivity index (χ0v) is 17.9. The first kappa shape index (κ1) is 24.5. The number of amides is 1. The number of aromatic nitrogens is 2. The number of thiazole rings is 1. The normalized spacial score (nSPS) is 10.4. The van der Waals surface area contributed by atoms with Crippen molar-refractivity contribution in [2.45, 2.75) is 26.6 Å². The maximum Gasteiger partial charge on any atom is 0.405 e. The molecule has 2 aromatic rings. The van der Waals surface area contributed by atoms with Crippen LogP contribution < -0.4 is 30.7 Å². The second-order valence-corrected chi connectivity index (χ2v) is 7.09. The van der Waals surface area contributed by atoms with Gasteiger partial charge >= 0.3 is 6.18 Å². The molecule has 168 valence electrons. The fourth-order valence-corrected chi connectivity index (χ4v) is 3.36. The average molecular weight is 464 g/mol. The van der Waals surface area contributed by atoms with Crippen LogP contribution in [0, 0.1) is 11.3 Å². The summed E-state index contributed by atoms with van der Waals surface area (Å²) in [5.74, 6) is -0.560. The molecule has 3 N–H and O–H groups in total. The lowest BCUT2D eigenvalue weighted by Gasteiger charge is -2.06. The molecule has 0 aliphatic heterocycles. The Bertz CT molecular complexity index is 1280. The number of nitrogens with zero attached hydrogens (tertiary/aromatic N) is 3. The van der Waals surface area contributed by atoms with Crippen molar-refractivity contribution in [3.63, 3.8) is 0 Å². The van der Waals surface area contributed by atoms with E-state index in [2.05, 4.69) is 27.1 Å². The summed E-state index contributed by atoms with van der Waals surface area (Å²) >= 11 is 0.900. The number of pyridine rings is 1. The van der Waals surface area contributed by atoms with Crippen molar-refractivity contribution in [3.8, 4) is 6.07 Å². The van der Waals surface area contributed by atoms with Crippen molar-refractivity contribution < 1.29 is 18.0 Å². The van der Waals surface area contributed by atoms with Crippen LogP contribution in [0.25, 0.3) is 11.5 Å². The number of carbonyl (C=O) groups excluding carboxylic acids is 1. The molecule has 2 rings (SSSR count). The highest BCUT2D eigenvalue weighted by molar-refractivity contribution is 7.07. The molecule has 0 fully saturated rings. The summed E-state index contributed by atoms with van der Waals surface area (Å²) < 4.78 is 38.4. The molecule has 0 unspecified atom stereocenters. The van der Waals surface area contributed by atoms with Crippen LogP contribution in [0.1, 0.15) is 13.8 Å². The minimum absolute atomic E-state index is 0.116. The number of alkyl halides is 3. The number of rotatable bonds is 7. The van der Waals surface area contributed by atoms with Crippen molar-refractivity contribution in [2.24, 2.45) is 0 Å². The third-order valence-electron chi connectivity index (χ3n) is 3.78. The van der Waals surface area contributed by atoms with Crippen molar-refractivity contribution >= 4 is 40.2 Å². The van der Waals surface area contributed by atoms with Crippen LogP contribution >= 0.6 is 11.3 Å². The predicted molar refractivity (Wildman–Crippen MR) is 115 cm³/mol. The van der Waals surface area contributed by atoms with Crippen molar-refractivity contribution in [1.29, 1.82) is 5.26 Å². The van der Waals surface area contributed by atoms with Crippen LogP contribution in [-0.4, -0.2) is 34.7 Å². The van der Waals surface area contributed by atoms with Gasteiger partial charge in [0.15, 0.2) is 5.57 Å². The van der Waals surface area contributed by atoms with Gasteiger partial charge < -0.3 is 16.0 Å². The van der Waals surface area contributed by atoms with E-state index in [0.29, 0.717) is 18.1 Å². The van der Waals surface area contributed by atoms with E-state index in [1.165, 1.54) is 16.8 Å². The molecule has 12 heteroatoms. The molecule has 0 saturated carbocycles. The van der Waals surface area contributed by atoms with Crippen LogP contribution in [-0.2, 0) is 11.3 Å². The summed E-state index contributed by atoms with van der Waals surface area (Å²) in [4.78, 5) is 28.6. The van der Waals surface area contributed by atoms with Crippen molar-refractivity contribution in [2.75, 3.05) is 23.7 Å². The van der Waals surface area contributed by atoms with Crippen LogP contribution in [0.15, 0.2) is 34.9 Å². The summed E-state index contributed by atoms with van der Waals surface area (Å²) in [7, 11) is 0. The van der Waals surface area contributed by atoms with Gasteiger partial charge in [-0.2, -0.15) is 18.4 Å². The molecule has 1 amide bonds. The van der Waals surface area contributed by atoms with Crippen LogP contribution in [0.3, 0.4) is 0 Å². The second-order valence-electron chi connectivity index (χ2n) is 6.09. The minimum atomic E-state index is -4.62. The number of hydrogen-bond acceptors (Lipinski definition) is 7. The van der Waals surface area contributed by atoms with Gasteiger partial charge in [0.1, 0.15) is 27.6 Å². The molecule has 32 heavy (non-hydrogen) atoms. The van der Waals surface area contributed by atoms with Gasteiger partial charge in [-0.1, -0.05) is 22.8 Å². The molecule has 0 saturated heterocycles. The Kier molecular flexibility index (Phi) is 8.44. The van der Waals surface area contributed by atoms with Crippen LogP contribution in [0.4, 0.5) is 24.7 Å². The van der Waals surface area contributed by atoms with Gasteiger partial charge in [0.2, 0.25) is 0 Å². The molecular formula is C20H19F3N6O2S. The van der Waals surface area contributed by atoms with E-state index < -0.39 is 29.8 Å². The summed E-state index contributed by atoms with van der Waals surface area (Å²) in [6.45, 7) is 2.93. The molecule has 0 atom stereocenters. The topological polar surface area (TPSA) is 112 Å². The maximum atomic E-state index is 12.6. The Morgan fingerprint density at radius 1 is 1.38 bits per heavy atom. The molecule has 2 aromatic heterocycles. The maximum absolute atomic E-state index is 12.6. The van der Waals surface area contributed by atoms with E-state index in [4.69, 9.17) is 5.26 Å². The van der Waals surface area contributed by atoms with E-state index in [1.54, 1.807) is 30.6 Å². The van der Waals surface area contributed by atoms with E-state index in [9.17, 15) is 22.8 Å². The Labute approximate surface area is 184 Å². The number of carbonyl (C=O) groups is 1. The molecule has 0 spiro atoms. The smallest absolute Gasteiger partial charge is 0.370 e. The Morgan fingerprint density at radius 3 is 2.75 bits per heavy atom. The molecule has 2 heterocycles.